The van der Waals surface area contributed by atoms with Crippen molar-refractivity contribution < 1.29 is 9.60 Å². The highest BCUT2D eigenvalue weighted by Crippen LogP contribution is 1.76. The second-order valence-electron chi connectivity index (χ2n) is 0.381. The molecule has 0 aromatic heterocycles. The molecule has 0 heteroatoms. The number of rotatable bonds is 1. The lowest BCUT2D eigenvalue weighted by Crippen LogP contribution is -1.47. The van der Waals surface area contributed by atoms with Gasteiger partial charge in [0.1, 0.15) is 0 Å². The van der Waals surface area contributed by atoms with Crippen LogP contribution in [0.15, 0.2) is 0 Å². The summed E-state index contributed by atoms with van der Waals surface area (Å²) < 4.78 is 47.5. The third kappa shape index (κ3) is 2.00. The molecule has 0 heterocycles. The minimum Gasteiger partial charge on any atom is -0.0654 e. The Labute approximate surface area is 37.7 Å². The molecule has 0 radical (unpaired) electrons. The molecule has 0 aliphatic carbocycles. The minimum absolute atomic E-state index is 0.580. The predicted octanol–water partition coefficient (Wildman–Crippen LogP) is 1.81. The van der Waals surface area contributed by atoms with Crippen molar-refractivity contribution in [1.29, 1.82) is 0 Å². The maximum absolute atomic E-state index is 6.97. The second kappa shape index (κ2) is 3.00. The number of hydrogen-bond donors (Lipinski definition) is 0. The van der Waals surface area contributed by atoms with E-state index >= 15 is 0 Å². The summed E-state index contributed by atoms with van der Waals surface area (Å²) in [5, 5.41) is 0. The topological polar surface area (TPSA) is 0 Å². The zero-order chi connectivity index (χ0) is 9.28. The molecule has 0 aliphatic rings. The fourth-order valence-electron chi connectivity index (χ4n) is 0. The molecule has 0 saturated heterocycles. The van der Waals surface area contributed by atoms with E-state index < -0.39 is 26.5 Å². The van der Waals surface area contributed by atoms with E-state index in [2.05, 4.69) is 0 Å². The van der Waals surface area contributed by atoms with E-state index in [0.717, 1.165) is 0 Å². The first kappa shape index (κ1) is 0.360. The molecule has 0 rings (SSSR count). The summed E-state index contributed by atoms with van der Waals surface area (Å²) in [4.78, 5) is 0. The fraction of sp³-hybridized carbons (Fsp3) is 1.00. The summed E-state index contributed by atoms with van der Waals surface area (Å²) in [6.07, 6.45) is -3.00. The van der Waals surface area contributed by atoms with Crippen LogP contribution in [0.2, 0.25) is 0 Å². The van der Waals surface area contributed by atoms with Crippen LogP contribution in [0.4, 0.5) is 0 Å². The van der Waals surface area contributed by atoms with Gasteiger partial charge < -0.3 is 0 Å². The van der Waals surface area contributed by atoms with Gasteiger partial charge >= 0.3 is 0 Å². The molecule has 0 fully saturated rings. The van der Waals surface area contributed by atoms with Crippen molar-refractivity contribution in [2.45, 2.75) is 26.5 Å². The fourth-order valence-corrected chi connectivity index (χ4v) is 0. The molecular formula is C4H10. The Hall–Kier alpha value is 0. The normalized spacial score (nSPS) is 40.8. The molecule has 0 aliphatic heterocycles. The van der Waals surface area contributed by atoms with Gasteiger partial charge in [-0.3, -0.25) is 0 Å². The highest BCUT2D eigenvalue weighted by Gasteiger charge is 1.56. The van der Waals surface area contributed by atoms with Crippen molar-refractivity contribution in [2.24, 2.45) is 0 Å². The molecule has 0 amide bonds. The summed E-state index contributed by atoms with van der Waals surface area (Å²) >= 11 is 0. The lowest BCUT2D eigenvalue weighted by molar-refractivity contribution is 0.886. The molecule has 0 unspecified atom stereocenters. The summed E-state index contributed by atoms with van der Waals surface area (Å²) in [7, 11) is 0. The van der Waals surface area contributed by atoms with Crippen molar-refractivity contribution in [3.8, 4) is 0 Å². The third-order valence-electron chi connectivity index (χ3n) is 0.102. The Kier molecular flexibility index (Phi) is 0.270. The predicted molar refractivity (Wildman–Crippen MR) is 20.6 cm³/mol. The minimum atomic E-state index is -2.73. The summed E-state index contributed by atoms with van der Waals surface area (Å²) in [5.41, 5.74) is 0. The van der Waals surface area contributed by atoms with Crippen molar-refractivity contribution in [3.63, 3.8) is 0 Å². The van der Waals surface area contributed by atoms with Crippen LogP contribution in [0.3, 0.4) is 0 Å². The molecule has 4 heavy (non-hydrogen) atoms. The smallest absolute Gasteiger partial charge is 0.0264 e. The first-order chi connectivity index (χ1) is 4.67. The molecule has 0 N–H and O–H groups in total. The molecule has 0 aromatic rings. The molecular weight excluding hydrogens is 48.0 g/mol. The first-order valence-electron chi connectivity index (χ1n) is 4.67. The van der Waals surface area contributed by atoms with Crippen molar-refractivity contribution in [3.05, 3.63) is 0 Å². The average Bonchev–Trinajstić information content (AvgIpc) is 1.56. The average molecular weight is 65.2 g/mol. The van der Waals surface area contributed by atoms with Crippen LogP contribution in [0.25, 0.3) is 0 Å². The van der Waals surface area contributed by atoms with Gasteiger partial charge in [-0.2, -0.15) is 0 Å². The van der Waals surface area contributed by atoms with Gasteiger partial charge in [0.15, 0.2) is 0 Å². The summed E-state index contributed by atoms with van der Waals surface area (Å²) in [6.45, 7) is -4.15. The summed E-state index contributed by atoms with van der Waals surface area (Å²) in [5.74, 6) is 0. The van der Waals surface area contributed by atoms with Gasteiger partial charge in [-0.05, 0) is 0 Å². The zero-order valence-corrected chi connectivity index (χ0v) is 2.28. The van der Waals surface area contributed by atoms with E-state index in [1.54, 1.807) is 0 Å². The maximum atomic E-state index is 6.97. The van der Waals surface area contributed by atoms with Crippen LogP contribution in [-0.4, -0.2) is 0 Å². The zero-order valence-electron chi connectivity index (χ0n) is 9.28. The Morgan fingerprint density at radius 3 is 3.50 bits per heavy atom. The van der Waals surface area contributed by atoms with Crippen molar-refractivity contribution >= 4 is 0 Å². The van der Waals surface area contributed by atoms with Gasteiger partial charge in [0.25, 0.3) is 0 Å². The van der Waals surface area contributed by atoms with Gasteiger partial charge in [-0.1, -0.05) is 26.5 Å². The number of hydrogen-bond acceptors (Lipinski definition) is 0. The molecule has 0 atom stereocenters. The highest BCUT2D eigenvalue weighted by atomic mass is 13.6. The molecule has 0 bridgehead atoms. The van der Waals surface area contributed by atoms with Gasteiger partial charge in [-0.15, -0.1) is 0 Å². The molecule has 0 spiro atoms. The third-order valence-corrected chi connectivity index (χ3v) is 0.102. The summed E-state index contributed by atoms with van der Waals surface area (Å²) in [6, 6.07) is 0. The molecule has 0 aromatic carbocycles. The highest BCUT2D eigenvalue weighted by molar-refractivity contribution is 4.12. The largest absolute Gasteiger partial charge is 0.0654 e. The van der Waals surface area contributed by atoms with E-state index in [0.29, 0.717) is 0 Å². The maximum Gasteiger partial charge on any atom is 0.0264 e. The Morgan fingerprint density at radius 2 is 3.25 bits per heavy atom. The Morgan fingerprint density at radius 1 is 2.25 bits per heavy atom. The quantitative estimate of drug-likeness (QED) is 0.437. The van der Waals surface area contributed by atoms with E-state index in [9.17, 15) is 0 Å². The lowest BCUT2D eigenvalue weighted by atomic mass is 10.4. The van der Waals surface area contributed by atoms with Crippen molar-refractivity contribution in [2.75, 3.05) is 0 Å². The van der Waals surface area contributed by atoms with Gasteiger partial charge in [-0.25, -0.2) is 0 Å². The van der Waals surface area contributed by atoms with E-state index in [4.69, 9.17) is 9.60 Å². The van der Waals surface area contributed by atoms with Crippen LogP contribution in [0.5, 0.6) is 0 Å². The SMILES string of the molecule is [2H]C([2H])CC([2H])([2H])C([2H])([2H])[2H]. The monoisotopic (exact) mass is 65.1 g/mol. The lowest BCUT2D eigenvalue weighted by Gasteiger charge is -1.68. The van der Waals surface area contributed by atoms with Crippen molar-refractivity contribution in [1.82, 2.24) is 0 Å². The van der Waals surface area contributed by atoms with Gasteiger partial charge in [0.2, 0.25) is 0 Å². The standard InChI is InChI=1S/C4H10/c1-3-4-2/h3-4H2,1-2H3/i1D2,2D3,4D2. The molecule has 0 saturated carbocycles. The van der Waals surface area contributed by atoms with E-state index in [1.165, 1.54) is 0 Å². The Bertz CT molecular complexity index is 123. The molecule has 26 valence electrons. The molecule has 0 nitrogen and oxygen atoms in total. The van der Waals surface area contributed by atoms with Crippen LogP contribution in [-0.2, 0) is 0 Å². The first-order valence-corrected chi connectivity index (χ1v) is 1.01. The van der Waals surface area contributed by atoms with E-state index in [1.807, 2.05) is 0 Å². The van der Waals surface area contributed by atoms with Crippen LogP contribution < -0.4 is 0 Å². The van der Waals surface area contributed by atoms with Crippen LogP contribution >= 0.6 is 0 Å². The second-order valence-corrected chi connectivity index (χ2v) is 0.381. The Balaban J connectivity index is 4.22. The van der Waals surface area contributed by atoms with Gasteiger partial charge in [0, 0.05) is 9.60 Å². The van der Waals surface area contributed by atoms with E-state index in [-0.39, 0.29) is 0 Å². The van der Waals surface area contributed by atoms with Crippen LogP contribution in [0.1, 0.15) is 36.1 Å². The van der Waals surface area contributed by atoms with Crippen LogP contribution in [0, 0.1) is 0 Å². The van der Waals surface area contributed by atoms with Gasteiger partial charge in [0.05, 0.1) is 0 Å².